The van der Waals surface area contributed by atoms with Gasteiger partial charge in [-0.25, -0.2) is 0 Å². The SMILES string of the molecule is CCCCCCCCCCCCCCCCCCCCCCCCCCCCCCCCCCCC(=O)NC(COC1OC(CO)C(OC2OC(CO)C(O)C(O)C2O)C(O)C1O)C(O)CCCCCCCCCCCCCCCCCCCCCCCCCCCCCCCCC. The molecule has 2 fully saturated rings. The Labute approximate surface area is 604 Å². The van der Waals surface area contributed by atoms with E-state index in [1.54, 1.807) is 0 Å². The first-order chi connectivity index (χ1) is 48.1. The van der Waals surface area contributed by atoms with E-state index in [0.717, 1.165) is 51.4 Å². The van der Waals surface area contributed by atoms with Crippen molar-refractivity contribution < 1.29 is 64.6 Å². The van der Waals surface area contributed by atoms with Crippen LogP contribution >= 0.6 is 0 Å². The summed E-state index contributed by atoms with van der Waals surface area (Å²) in [6.07, 6.45) is 70.3. The van der Waals surface area contributed by atoms with Crippen molar-refractivity contribution in [1.82, 2.24) is 5.32 Å². The molecule has 14 heteroatoms. The van der Waals surface area contributed by atoms with Crippen LogP contribution in [0.1, 0.15) is 438 Å². The summed E-state index contributed by atoms with van der Waals surface area (Å²) in [5, 5.41) is 88.0. The van der Waals surface area contributed by atoms with Gasteiger partial charge in [0.15, 0.2) is 12.6 Å². The van der Waals surface area contributed by atoms with Crippen molar-refractivity contribution in [3.63, 3.8) is 0 Å². The van der Waals surface area contributed by atoms with Gasteiger partial charge in [-0.2, -0.15) is 0 Å². The molecular weight excluding hydrogens is 1230 g/mol. The van der Waals surface area contributed by atoms with Crippen molar-refractivity contribution in [1.29, 1.82) is 0 Å². The van der Waals surface area contributed by atoms with E-state index in [0.29, 0.717) is 12.8 Å². The van der Waals surface area contributed by atoms with Gasteiger partial charge in [-0.15, -0.1) is 0 Å². The number of hydrogen-bond donors (Lipinski definition) is 9. The van der Waals surface area contributed by atoms with Crippen molar-refractivity contribution in [2.45, 2.75) is 511 Å². The molecule has 0 aromatic carbocycles. The summed E-state index contributed by atoms with van der Waals surface area (Å²) in [5.74, 6) is -0.194. The number of ether oxygens (including phenoxy) is 4. The molecule has 2 rings (SSSR count). The van der Waals surface area contributed by atoms with Gasteiger partial charge in [-0.3, -0.25) is 4.79 Å². The highest BCUT2D eigenvalue weighted by Crippen LogP contribution is 2.31. The van der Waals surface area contributed by atoms with Gasteiger partial charge in [-0.1, -0.05) is 418 Å². The third-order valence-corrected chi connectivity index (χ3v) is 21.8. The number of carbonyl (C=O) groups is 1. The lowest BCUT2D eigenvalue weighted by atomic mass is 9.97. The highest BCUT2D eigenvalue weighted by atomic mass is 16.7. The Morgan fingerprint density at radius 3 is 0.867 bits per heavy atom. The van der Waals surface area contributed by atoms with Crippen molar-refractivity contribution in [3.8, 4) is 0 Å². The van der Waals surface area contributed by atoms with Gasteiger partial charge in [0.05, 0.1) is 32.0 Å². The van der Waals surface area contributed by atoms with Crippen LogP contribution in [0.3, 0.4) is 0 Å². The minimum absolute atomic E-state index is 0.194. The molecule has 12 unspecified atom stereocenters. The summed E-state index contributed by atoms with van der Waals surface area (Å²) in [4.78, 5) is 13.4. The lowest BCUT2D eigenvalue weighted by molar-refractivity contribution is -0.359. The van der Waals surface area contributed by atoms with Gasteiger partial charge in [0.2, 0.25) is 5.91 Å². The lowest BCUT2D eigenvalue weighted by Crippen LogP contribution is -2.65. The van der Waals surface area contributed by atoms with E-state index in [1.807, 2.05) is 0 Å². The first-order valence-electron chi connectivity index (χ1n) is 43.3. The molecule has 2 heterocycles. The number of nitrogens with one attached hydrogen (secondary N) is 1. The van der Waals surface area contributed by atoms with Crippen molar-refractivity contribution in [3.05, 3.63) is 0 Å². The van der Waals surface area contributed by atoms with Crippen molar-refractivity contribution >= 4 is 5.91 Å². The minimum Gasteiger partial charge on any atom is -0.394 e. The summed E-state index contributed by atoms with van der Waals surface area (Å²) in [7, 11) is 0. The highest BCUT2D eigenvalue weighted by Gasteiger charge is 2.51. The van der Waals surface area contributed by atoms with E-state index in [9.17, 15) is 45.6 Å². The van der Waals surface area contributed by atoms with E-state index in [2.05, 4.69) is 19.2 Å². The van der Waals surface area contributed by atoms with Crippen LogP contribution in [0.15, 0.2) is 0 Å². The molecule has 0 aromatic rings. The van der Waals surface area contributed by atoms with Crippen LogP contribution in [-0.4, -0.2) is 140 Å². The van der Waals surface area contributed by atoms with Gasteiger partial charge in [0, 0.05) is 6.42 Å². The Hall–Kier alpha value is -1.01. The average Bonchev–Trinajstić information content (AvgIpc) is 0.793. The maximum Gasteiger partial charge on any atom is 0.220 e. The number of aliphatic hydroxyl groups is 8. The molecule has 14 nitrogen and oxygen atoms in total. The fourth-order valence-corrected chi connectivity index (χ4v) is 15.0. The predicted octanol–water partition coefficient (Wildman–Crippen LogP) is 20.3. The van der Waals surface area contributed by atoms with Gasteiger partial charge in [0.1, 0.15) is 48.8 Å². The van der Waals surface area contributed by atoms with Crippen LogP contribution in [-0.2, 0) is 23.7 Å². The summed E-state index contributed by atoms with van der Waals surface area (Å²) >= 11 is 0. The largest absolute Gasteiger partial charge is 0.394 e. The summed E-state index contributed by atoms with van der Waals surface area (Å²) in [6, 6.07) is -0.826. The maximum absolute atomic E-state index is 13.4. The third kappa shape index (κ3) is 51.2. The molecule has 12 atom stereocenters. The molecule has 2 aliphatic heterocycles. The molecular formula is C84H165NO13. The fraction of sp³-hybridized carbons (Fsp3) is 0.988. The minimum atomic E-state index is -1.78. The average molecular weight is 1400 g/mol. The Bertz CT molecular complexity index is 1650. The van der Waals surface area contributed by atoms with Crippen LogP contribution < -0.4 is 5.32 Å². The third-order valence-electron chi connectivity index (χ3n) is 21.8. The quantitative estimate of drug-likeness (QED) is 0.0259. The first-order valence-corrected chi connectivity index (χ1v) is 43.3. The van der Waals surface area contributed by atoms with E-state index < -0.39 is 86.8 Å². The topological polar surface area (TPSA) is 228 Å². The predicted molar refractivity (Wildman–Crippen MR) is 406 cm³/mol. The second-order valence-electron chi connectivity index (χ2n) is 31.0. The molecule has 0 saturated carbocycles. The van der Waals surface area contributed by atoms with Gasteiger partial charge in [-0.05, 0) is 12.8 Å². The monoisotopic (exact) mass is 1400 g/mol. The van der Waals surface area contributed by atoms with Gasteiger partial charge < -0.3 is 65.1 Å². The number of hydrogen-bond acceptors (Lipinski definition) is 13. The Morgan fingerprint density at radius 2 is 0.582 bits per heavy atom. The van der Waals surface area contributed by atoms with Gasteiger partial charge in [0.25, 0.3) is 0 Å². The van der Waals surface area contributed by atoms with Crippen molar-refractivity contribution in [2.24, 2.45) is 0 Å². The zero-order valence-electron chi connectivity index (χ0n) is 64.3. The van der Waals surface area contributed by atoms with E-state index >= 15 is 0 Å². The molecule has 9 N–H and O–H groups in total. The van der Waals surface area contributed by atoms with Crippen LogP contribution in [0.5, 0.6) is 0 Å². The van der Waals surface area contributed by atoms with Crippen molar-refractivity contribution in [2.75, 3.05) is 19.8 Å². The molecule has 0 radical (unpaired) electrons. The van der Waals surface area contributed by atoms with Crippen LogP contribution in [0.25, 0.3) is 0 Å². The Morgan fingerprint density at radius 1 is 0.327 bits per heavy atom. The fourth-order valence-electron chi connectivity index (χ4n) is 15.0. The van der Waals surface area contributed by atoms with E-state index in [4.69, 9.17) is 18.9 Å². The molecule has 0 aliphatic carbocycles. The first kappa shape index (κ1) is 93.1. The maximum atomic E-state index is 13.4. The Kier molecular flexibility index (Phi) is 65.6. The Balaban J connectivity index is 1.57. The molecule has 0 spiro atoms. The molecule has 98 heavy (non-hydrogen) atoms. The summed E-state index contributed by atoms with van der Waals surface area (Å²) in [6.45, 7) is 2.96. The highest BCUT2D eigenvalue weighted by molar-refractivity contribution is 5.76. The lowest BCUT2D eigenvalue weighted by Gasteiger charge is -2.46. The number of carbonyl (C=O) groups excluding carboxylic acids is 1. The molecule has 0 bridgehead atoms. The normalized spacial score (nSPS) is 21.9. The molecule has 2 saturated heterocycles. The second kappa shape index (κ2) is 69.1. The van der Waals surface area contributed by atoms with Gasteiger partial charge >= 0.3 is 0 Å². The standard InChI is InChI=1S/C84H165NO13/c1-3-5-7-9-11-13-15-17-19-21-23-25-27-29-31-33-35-36-38-40-42-44-46-48-50-52-54-56-58-60-62-64-66-68-76(89)85-72(71-95-83-81(94)79(92)82(75(70-87)97-83)98-84-80(93)78(91)77(90)74(69-86)96-84)73(88)67-65-63-61-59-57-55-53-51-49-47-45-43-41-39-37-34-32-30-28-26-24-22-20-18-16-14-12-10-8-6-4-2/h72-75,77-84,86-88,90-94H,3-71H2,1-2H3,(H,85,89). The van der Waals surface area contributed by atoms with Crippen LogP contribution in [0.2, 0.25) is 0 Å². The van der Waals surface area contributed by atoms with E-state index in [1.165, 1.54) is 360 Å². The second-order valence-corrected chi connectivity index (χ2v) is 31.0. The molecule has 2 aliphatic rings. The number of amides is 1. The smallest absolute Gasteiger partial charge is 0.220 e. The molecule has 584 valence electrons. The summed E-state index contributed by atoms with van der Waals surface area (Å²) < 4.78 is 23.0. The molecule has 0 aromatic heterocycles. The van der Waals surface area contributed by atoms with Crippen LogP contribution in [0.4, 0.5) is 0 Å². The number of rotatable bonds is 75. The van der Waals surface area contributed by atoms with E-state index in [-0.39, 0.29) is 12.5 Å². The number of aliphatic hydroxyl groups excluding tert-OH is 8. The zero-order chi connectivity index (χ0) is 70.8. The zero-order valence-corrected chi connectivity index (χ0v) is 64.3. The molecule has 1 amide bonds. The summed E-state index contributed by atoms with van der Waals surface area (Å²) in [5.41, 5.74) is 0. The van der Waals surface area contributed by atoms with Crippen LogP contribution in [0, 0.1) is 0 Å². The number of unbranched alkanes of at least 4 members (excludes halogenated alkanes) is 62.